The fourth-order valence-corrected chi connectivity index (χ4v) is 3.04. The van der Waals surface area contributed by atoms with Crippen LogP contribution in [-0.4, -0.2) is 11.1 Å². The molecule has 0 unspecified atom stereocenters. The van der Waals surface area contributed by atoms with Crippen LogP contribution in [0.5, 0.6) is 0 Å². The van der Waals surface area contributed by atoms with Crippen LogP contribution >= 0.6 is 0 Å². The number of nitrogens with two attached hydrogens (primary N) is 1. The third-order valence-corrected chi connectivity index (χ3v) is 4.39. The molecule has 0 aliphatic heterocycles. The third kappa shape index (κ3) is 3.55. The summed E-state index contributed by atoms with van der Waals surface area (Å²) in [6.45, 7) is 2.70. The molecule has 0 amide bonds. The van der Waals surface area contributed by atoms with Crippen molar-refractivity contribution in [2.75, 3.05) is 0 Å². The molecule has 1 aromatic carbocycles. The summed E-state index contributed by atoms with van der Waals surface area (Å²) in [5, 5.41) is 11.9. The lowest BCUT2D eigenvalue weighted by Crippen LogP contribution is -2.87. The zero-order valence-corrected chi connectivity index (χ0v) is 12.6. The Bertz CT molecular complexity index is 565. The third-order valence-electron chi connectivity index (χ3n) is 4.39. The van der Waals surface area contributed by atoms with Crippen molar-refractivity contribution in [2.24, 2.45) is 0 Å². The summed E-state index contributed by atoms with van der Waals surface area (Å²) in [6, 6.07) is 12.8. The number of rotatable bonds is 5. The fourth-order valence-electron chi connectivity index (χ4n) is 3.04. The molecule has 1 saturated carbocycles. The molecule has 3 rings (SSSR count). The molecule has 0 bridgehead atoms. The fraction of sp³-hybridized carbons (Fsp3) is 0.444. The summed E-state index contributed by atoms with van der Waals surface area (Å²) >= 11 is 0. The summed E-state index contributed by atoms with van der Waals surface area (Å²) in [5.74, 6) is 1.94. The number of hydrogen-bond acceptors (Lipinski definition) is 2. The van der Waals surface area contributed by atoms with Gasteiger partial charge < -0.3 is 14.8 Å². The molecule has 0 spiro atoms. The van der Waals surface area contributed by atoms with Gasteiger partial charge in [0, 0.05) is 5.56 Å². The van der Waals surface area contributed by atoms with Crippen molar-refractivity contribution >= 4 is 0 Å². The number of hydrogen-bond donors (Lipinski definition) is 2. The van der Waals surface area contributed by atoms with Crippen molar-refractivity contribution in [2.45, 2.75) is 51.3 Å². The molecule has 0 radical (unpaired) electrons. The number of benzene rings is 1. The van der Waals surface area contributed by atoms with E-state index in [9.17, 15) is 5.11 Å². The Morgan fingerprint density at radius 1 is 1.14 bits per heavy atom. The van der Waals surface area contributed by atoms with E-state index in [2.05, 4.69) is 11.4 Å². The van der Waals surface area contributed by atoms with E-state index < -0.39 is 6.10 Å². The molecule has 0 saturated heterocycles. The van der Waals surface area contributed by atoms with E-state index in [1.807, 2.05) is 30.3 Å². The second-order valence-corrected chi connectivity index (χ2v) is 6.05. The SMILES string of the molecule is C[C@@H](O)c1ccc(-c2ccc(C[NH2+]C3CCCC3)o2)cc1. The first-order valence-electron chi connectivity index (χ1n) is 7.93. The summed E-state index contributed by atoms with van der Waals surface area (Å²) in [6.07, 6.45) is 5.01. The van der Waals surface area contributed by atoms with E-state index in [4.69, 9.17) is 4.42 Å². The van der Waals surface area contributed by atoms with Gasteiger partial charge in [0.05, 0.1) is 12.1 Å². The van der Waals surface area contributed by atoms with Gasteiger partial charge in [-0.2, -0.15) is 0 Å². The van der Waals surface area contributed by atoms with Gasteiger partial charge in [0.2, 0.25) is 0 Å². The lowest BCUT2D eigenvalue weighted by Gasteiger charge is -2.06. The molecule has 1 aliphatic rings. The van der Waals surface area contributed by atoms with Crippen LogP contribution in [0.3, 0.4) is 0 Å². The Hall–Kier alpha value is -1.58. The Kier molecular flexibility index (Phi) is 4.42. The summed E-state index contributed by atoms with van der Waals surface area (Å²) in [7, 11) is 0. The largest absolute Gasteiger partial charge is 0.455 e. The van der Waals surface area contributed by atoms with Gasteiger partial charge in [-0.25, -0.2) is 0 Å². The number of aliphatic hydroxyl groups excluding tert-OH is 1. The van der Waals surface area contributed by atoms with Gasteiger partial charge in [-0.15, -0.1) is 0 Å². The first-order valence-corrected chi connectivity index (χ1v) is 7.93. The van der Waals surface area contributed by atoms with Crippen LogP contribution in [0.15, 0.2) is 40.8 Å². The lowest BCUT2D eigenvalue weighted by molar-refractivity contribution is -0.704. The first kappa shape index (κ1) is 14.4. The molecule has 1 aromatic heterocycles. The molecule has 1 aliphatic carbocycles. The van der Waals surface area contributed by atoms with Gasteiger partial charge in [0.15, 0.2) is 5.76 Å². The zero-order chi connectivity index (χ0) is 14.7. The van der Waals surface area contributed by atoms with Crippen LogP contribution in [0.4, 0.5) is 0 Å². The quantitative estimate of drug-likeness (QED) is 0.887. The Morgan fingerprint density at radius 2 is 1.86 bits per heavy atom. The van der Waals surface area contributed by atoms with E-state index >= 15 is 0 Å². The van der Waals surface area contributed by atoms with Crippen molar-refractivity contribution in [1.82, 2.24) is 0 Å². The maximum atomic E-state index is 9.54. The molecule has 1 heterocycles. The maximum Gasteiger partial charge on any atom is 0.158 e. The van der Waals surface area contributed by atoms with Crippen LogP contribution in [0.2, 0.25) is 0 Å². The number of aliphatic hydroxyl groups is 1. The molecule has 1 atom stereocenters. The van der Waals surface area contributed by atoms with Gasteiger partial charge in [0.1, 0.15) is 12.3 Å². The average Bonchev–Trinajstić information content (AvgIpc) is 3.17. The Morgan fingerprint density at radius 3 is 2.52 bits per heavy atom. The highest BCUT2D eigenvalue weighted by molar-refractivity contribution is 5.58. The van der Waals surface area contributed by atoms with E-state index in [0.717, 1.165) is 35.2 Å². The van der Waals surface area contributed by atoms with Crippen molar-refractivity contribution in [3.05, 3.63) is 47.7 Å². The second-order valence-electron chi connectivity index (χ2n) is 6.05. The van der Waals surface area contributed by atoms with Crippen LogP contribution < -0.4 is 5.32 Å². The highest BCUT2D eigenvalue weighted by atomic mass is 16.3. The number of quaternary nitrogens is 1. The van der Waals surface area contributed by atoms with Crippen LogP contribution in [0.25, 0.3) is 11.3 Å². The lowest BCUT2D eigenvalue weighted by atomic mass is 10.1. The minimum absolute atomic E-state index is 0.424. The molecule has 1 fully saturated rings. The van der Waals surface area contributed by atoms with E-state index in [-0.39, 0.29) is 0 Å². The molecule has 3 N–H and O–H groups in total. The Labute approximate surface area is 126 Å². The zero-order valence-electron chi connectivity index (χ0n) is 12.6. The molecule has 21 heavy (non-hydrogen) atoms. The highest BCUT2D eigenvalue weighted by Gasteiger charge is 2.18. The molecule has 2 aromatic rings. The standard InChI is InChI=1S/C18H23NO2/c1-13(20)14-6-8-15(9-7-14)18-11-10-17(21-18)12-19-16-4-2-3-5-16/h6-11,13,16,19-20H,2-5,12H2,1H3/p+1/t13-/m1/s1. The number of furan rings is 1. The van der Waals surface area contributed by atoms with Crippen molar-refractivity contribution in [3.63, 3.8) is 0 Å². The molecular formula is C18H24NO2+. The second kappa shape index (κ2) is 6.46. The minimum Gasteiger partial charge on any atom is -0.455 e. The van der Waals surface area contributed by atoms with Crippen LogP contribution in [0.1, 0.15) is 50.0 Å². The predicted octanol–water partition coefficient (Wildman–Crippen LogP) is 3.01. The average molecular weight is 286 g/mol. The van der Waals surface area contributed by atoms with Crippen molar-refractivity contribution in [3.8, 4) is 11.3 Å². The summed E-state index contributed by atoms with van der Waals surface area (Å²) in [5.41, 5.74) is 1.99. The molecule has 3 nitrogen and oxygen atoms in total. The molecular weight excluding hydrogens is 262 g/mol. The van der Waals surface area contributed by atoms with Gasteiger partial charge in [-0.1, -0.05) is 24.3 Å². The van der Waals surface area contributed by atoms with Crippen LogP contribution in [-0.2, 0) is 6.54 Å². The molecule has 3 heteroatoms. The molecule has 112 valence electrons. The van der Waals surface area contributed by atoms with Gasteiger partial charge in [-0.3, -0.25) is 0 Å². The van der Waals surface area contributed by atoms with Gasteiger partial charge in [0.25, 0.3) is 0 Å². The summed E-state index contributed by atoms with van der Waals surface area (Å²) in [4.78, 5) is 0. The predicted molar refractivity (Wildman–Crippen MR) is 82.7 cm³/mol. The highest BCUT2D eigenvalue weighted by Crippen LogP contribution is 2.24. The van der Waals surface area contributed by atoms with E-state index in [1.165, 1.54) is 25.7 Å². The monoisotopic (exact) mass is 286 g/mol. The normalized spacial score (nSPS) is 17.2. The Balaban J connectivity index is 1.63. The van der Waals surface area contributed by atoms with E-state index in [0.29, 0.717) is 0 Å². The van der Waals surface area contributed by atoms with Crippen molar-refractivity contribution in [1.29, 1.82) is 0 Å². The summed E-state index contributed by atoms with van der Waals surface area (Å²) < 4.78 is 5.94. The van der Waals surface area contributed by atoms with Gasteiger partial charge >= 0.3 is 0 Å². The van der Waals surface area contributed by atoms with Crippen LogP contribution in [0, 0.1) is 0 Å². The first-order chi connectivity index (χ1) is 10.2. The maximum absolute atomic E-state index is 9.54. The van der Waals surface area contributed by atoms with Gasteiger partial charge in [-0.05, 0) is 50.3 Å². The van der Waals surface area contributed by atoms with Crippen molar-refractivity contribution < 1.29 is 14.8 Å². The topological polar surface area (TPSA) is 50.0 Å². The smallest absolute Gasteiger partial charge is 0.158 e. The van der Waals surface area contributed by atoms with E-state index in [1.54, 1.807) is 6.92 Å². The minimum atomic E-state index is -0.424.